The third kappa shape index (κ3) is 4.32. The number of nitrogens with zero attached hydrogens (tertiary/aromatic N) is 1. The molecule has 1 amide bonds. The standard InChI is InChI=1S/C18H21N3O5S/c1-25-17-7-6-15(12-16(17)18(19)22)27(23,24)20-13-2-4-14(5-3-13)21-8-10-26-11-9-21/h2-7,12,20H,8-11H2,1H3,(H2,19,22). The summed E-state index contributed by atoms with van der Waals surface area (Å²) in [6.07, 6.45) is 0. The van der Waals surface area contributed by atoms with Crippen LogP contribution in [0.2, 0.25) is 0 Å². The van der Waals surface area contributed by atoms with E-state index in [9.17, 15) is 13.2 Å². The van der Waals surface area contributed by atoms with E-state index < -0.39 is 15.9 Å². The molecule has 144 valence electrons. The molecule has 3 rings (SSSR count). The van der Waals surface area contributed by atoms with Crippen molar-refractivity contribution in [3.63, 3.8) is 0 Å². The molecule has 0 unspecified atom stereocenters. The molecule has 1 fully saturated rings. The van der Waals surface area contributed by atoms with Gasteiger partial charge in [-0.2, -0.15) is 0 Å². The molecular weight excluding hydrogens is 370 g/mol. The van der Waals surface area contributed by atoms with Crippen molar-refractivity contribution in [3.05, 3.63) is 48.0 Å². The second-order valence-electron chi connectivity index (χ2n) is 5.98. The first-order valence-electron chi connectivity index (χ1n) is 8.34. The topological polar surface area (TPSA) is 111 Å². The molecule has 0 bridgehead atoms. The number of methoxy groups -OCH3 is 1. The maximum atomic E-state index is 12.6. The van der Waals surface area contributed by atoms with Crippen LogP contribution >= 0.6 is 0 Å². The van der Waals surface area contributed by atoms with Crippen LogP contribution in [0.3, 0.4) is 0 Å². The highest BCUT2D eigenvalue weighted by molar-refractivity contribution is 7.92. The number of carbonyl (C=O) groups is 1. The first-order valence-corrected chi connectivity index (χ1v) is 9.82. The highest BCUT2D eigenvalue weighted by atomic mass is 32.2. The Labute approximate surface area is 157 Å². The fraction of sp³-hybridized carbons (Fsp3) is 0.278. The van der Waals surface area contributed by atoms with E-state index in [0.717, 1.165) is 18.8 Å². The number of carbonyl (C=O) groups excluding carboxylic acids is 1. The second-order valence-corrected chi connectivity index (χ2v) is 7.66. The van der Waals surface area contributed by atoms with Gasteiger partial charge in [-0.1, -0.05) is 0 Å². The molecule has 0 radical (unpaired) electrons. The van der Waals surface area contributed by atoms with E-state index >= 15 is 0 Å². The number of anilines is 2. The average molecular weight is 391 g/mol. The number of primary amides is 1. The van der Waals surface area contributed by atoms with Gasteiger partial charge in [0.2, 0.25) is 0 Å². The fourth-order valence-corrected chi connectivity index (χ4v) is 3.91. The molecule has 1 saturated heterocycles. The summed E-state index contributed by atoms with van der Waals surface area (Å²) in [7, 11) is -2.50. The zero-order chi connectivity index (χ0) is 19.4. The third-order valence-electron chi connectivity index (χ3n) is 4.24. The number of benzene rings is 2. The van der Waals surface area contributed by atoms with Crippen molar-refractivity contribution < 1.29 is 22.7 Å². The van der Waals surface area contributed by atoms with Crippen molar-refractivity contribution in [2.75, 3.05) is 43.0 Å². The van der Waals surface area contributed by atoms with Gasteiger partial charge in [-0.3, -0.25) is 9.52 Å². The Bertz CT molecular complexity index is 923. The van der Waals surface area contributed by atoms with Gasteiger partial charge < -0.3 is 20.1 Å². The summed E-state index contributed by atoms with van der Waals surface area (Å²) in [6.45, 7) is 2.95. The summed E-state index contributed by atoms with van der Waals surface area (Å²) in [5.74, 6) is -0.546. The van der Waals surface area contributed by atoms with Gasteiger partial charge >= 0.3 is 0 Å². The van der Waals surface area contributed by atoms with Crippen LogP contribution in [0.15, 0.2) is 47.4 Å². The molecule has 2 aromatic rings. The van der Waals surface area contributed by atoms with Gasteiger partial charge in [-0.25, -0.2) is 8.42 Å². The number of hydrogen-bond donors (Lipinski definition) is 2. The number of rotatable bonds is 6. The number of ether oxygens (including phenoxy) is 2. The largest absolute Gasteiger partial charge is 0.496 e. The predicted octanol–water partition coefficient (Wildman–Crippen LogP) is 1.43. The second kappa shape index (κ2) is 7.85. The molecule has 1 heterocycles. The number of nitrogens with one attached hydrogen (secondary N) is 1. The third-order valence-corrected chi connectivity index (χ3v) is 5.62. The van der Waals surface area contributed by atoms with Crippen LogP contribution < -0.4 is 20.1 Å². The summed E-state index contributed by atoms with van der Waals surface area (Å²) in [5.41, 5.74) is 6.72. The van der Waals surface area contributed by atoms with Gasteiger partial charge in [0.1, 0.15) is 5.75 Å². The molecule has 1 aliphatic heterocycles. The van der Waals surface area contributed by atoms with Crippen molar-refractivity contribution in [1.29, 1.82) is 0 Å². The Hall–Kier alpha value is -2.78. The number of morpholine rings is 1. The zero-order valence-corrected chi connectivity index (χ0v) is 15.7. The lowest BCUT2D eigenvalue weighted by Gasteiger charge is -2.28. The molecule has 0 aliphatic carbocycles. The van der Waals surface area contributed by atoms with Crippen molar-refractivity contribution in [2.24, 2.45) is 5.73 Å². The summed E-state index contributed by atoms with van der Waals surface area (Å²) >= 11 is 0. The van der Waals surface area contributed by atoms with Crippen molar-refractivity contribution in [2.45, 2.75) is 4.90 Å². The van der Waals surface area contributed by atoms with E-state index in [1.807, 2.05) is 12.1 Å². The maximum Gasteiger partial charge on any atom is 0.261 e. The Morgan fingerprint density at radius 2 is 1.81 bits per heavy atom. The minimum absolute atomic E-state index is 0.00282. The molecule has 1 aliphatic rings. The van der Waals surface area contributed by atoms with E-state index in [4.69, 9.17) is 15.2 Å². The minimum Gasteiger partial charge on any atom is -0.496 e. The molecule has 0 saturated carbocycles. The molecule has 8 nitrogen and oxygen atoms in total. The average Bonchev–Trinajstić information content (AvgIpc) is 2.68. The maximum absolute atomic E-state index is 12.6. The molecule has 0 aromatic heterocycles. The van der Waals surface area contributed by atoms with E-state index in [2.05, 4.69) is 9.62 Å². The highest BCUT2D eigenvalue weighted by Crippen LogP contribution is 2.25. The molecule has 2 aromatic carbocycles. The lowest BCUT2D eigenvalue weighted by molar-refractivity contribution is 0.0997. The van der Waals surface area contributed by atoms with Gasteiger partial charge in [0.05, 0.1) is 30.8 Å². The highest BCUT2D eigenvalue weighted by Gasteiger charge is 2.19. The summed E-state index contributed by atoms with van der Waals surface area (Å²) < 4.78 is 38.1. The molecule has 3 N–H and O–H groups in total. The summed E-state index contributed by atoms with van der Waals surface area (Å²) in [5, 5.41) is 0. The quantitative estimate of drug-likeness (QED) is 0.771. The molecule has 27 heavy (non-hydrogen) atoms. The number of sulfonamides is 1. The lowest BCUT2D eigenvalue weighted by Crippen LogP contribution is -2.36. The first kappa shape index (κ1) is 19.0. The van der Waals surface area contributed by atoms with Crippen molar-refractivity contribution in [1.82, 2.24) is 0 Å². The Morgan fingerprint density at radius 3 is 2.41 bits per heavy atom. The Balaban J connectivity index is 1.80. The lowest BCUT2D eigenvalue weighted by atomic mass is 10.2. The van der Waals surface area contributed by atoms with E-state index in [-0.39, 0.29) is 16.2 Å². The number of amides is 1. The Morgan fingerprint density at radius 1 is 1.15 bits per heavy atom. The monoisotopic (exact) mass is 391 g/mol. The molecule has 9 heteroatoms. The number of nitrogens with two attached hydrogens (primary N) is 1. The van der Waals surface area contributed by atoms with Gasteiger partial charge in [0.25, 0.3) is 15.9 Å². The first-order chi connectivity index (χ1) is 12.9. The van der Waals surface area contributed by atoms with Crippen LogP contribution in [0.4, 0.5) is 11.4 Å². The van der Waals surface area contributed by atoms with Gasteiger partial charge in [0, 0.05) is 24.5 Å². The van der Waals surface area contributed by atoms with Crippen molar-refractivity contribution >= 4 is 27.3 Å². The van der Waals surface area contributed by atoms with Gasteiger partial charge in [-0.05, 0) is 42.5 Å². The minimum atomic E-state index is -3.88. The van der Waals surface area contributed by atoms with Gasteiger partial charge in [-0.15, -0.1) is 0 Å². The van der Waals surface area contributed by atoms with E-state index in [1.54, 1.807) is 12.1 Å². The van der Waals surface area contributed by atoms with Crippen LogP contribution in [-0.4, -0.2) is 47.7 Å². The molecular formula is C18H21N3O5S. The van der Waals surface area contributed by atoms with E-state index in [0.29, 0.717) is 18.9 Å². The predicted molar refractivity (Wildman–Crippen MR) is 102 cm³/mol. The molecule has 0 spiro atoms. The smallest absolute Gasteiger partial charge is 0.261 e. The van der Waals surface area contributed by atoms with Gasteiger partial charge in [0.15, 0.2) is 0 Å². The van der Waals surface area contributed by atoms with Crippen LogP contribution in [0.5, 0.6) is 5.75 Å². The summed E-state index contributed by atoms with van der Waals surface area (Å²) in [6, 6.07) is 11.1. The summed E-state index contributed by atoms with van der Waals surface area (Å²) in [4.78, 5) is 13.6. The van der Waals surface area contributed by atoms with Crippen molar-refractivity contribution in [3.8, 4) is 5.75 Å². The fourth-order valence-electron chi connectivity index (χ4n) is 2.82. The van der Waals surface area contributed by atoms with Crippen LogP contribution in [0.1, 0.15) is 10.4 Å². The van der Waals surface area contributed by atoms with E-state index in [1.165, 1.54) is 25.3 Å². The van der Waals surface area contributed by atoms with Crippen LogP contribution in [0, 0.1) is 0 Å². The zero-order valence-electron chi connectivity index (χ0n) is 14.8. The molecule has 0 atom stereocenters. The normalized spacial score (nSPS) is 14.6. The van der Waals surface area contributed by atoms with Crippen LogP contribution in [0.25, 0.3) is 0 Å². The number of hydrogen-bond acceptors (Lipinski definition) is 6. The van der Waals surface area contributed by atoms with Crippen LogP contribution in [-0.2, 0) is 14.8 Å². The SMILES string of the molecule is COc1ccc(S(=O)(=O)Nc2ccc(N3CCOCC3)cc2)cc1C(N)=O. The Kier molecular flexibility index (Phi) is 5.52.